The van der Waals surface area contributed by atoms with E-state index in [1.54, 1.807) is 0 Å². The van der Waals surface area contributed by atoms with Gasteiger partial charge in [0.15, 0.2) is 5.78 Å². The number of allylic oxidation sites excluding steroid dienone is 1. The number of carbonyl (C=O) groups is 1. The second kappa shape index (κ2) is 7.64. The van der Waals surface area contributed by atoms with Gasteiger partial charge in [0.25, 0.3) is 0 Å². The van der Waals surface area contributed by atoms with E-state index in [2.05, 4.69) is 13.0 Å². The normalized spacial score (nSPS) is 28.2. The van der Waals surface area contributed by atoms with Crippen molar-refractivity contribution in [3.8, 4) is 6.07 Å². The largest absolute Gasteiger partial charge is 0.492 e. The lowest BCUT2D eigenvalue weighted by atomic mass is 9.80. The quantitative estimate of drug-likeness (QED) is 0.647. The highest BCUT2D eigenvalue weighted by Crippen LogP contribution is 2.43. The molecule has 1 unspecified atom stereocenters. The van der Waals surface area contributed by atoms with Crippen molar-refractivity contribution in [3.05, 3.63) is 11.3 Å². The topological polar surface area (TPSA) is 50.1 Å². The molecule has 0 aromatic rings. The minimum Gasteiger partial charge on any atom is -0.492 e. The van der Waals surface area contributed by atoms with Crippen LogP contribution in [0.25, 0.3) is 0 Å². The molecule has 3 heteroatoms. The third-order valence-corrected chi connectivity index (χ3v) is 4.90. The van der Waals surface area contributed by atoms with E-state index >= 15 is 0 Å². The Balaban J connectivity index is 1.96. The van der Waals surface area contributed by atoms with Crippen LogP contribution in [0.4, 0.5) is 0 Å². The van der Waals surface area contributed by atoms with Crippen LogP contribution in [0.2, 0.25) is 0 Å². The third-order valence-electron chi connectivity index (χ3n) is 4.90. The molecule has 2 rings (SSSR count). The molecule has 3 nitrogen and oxygen atoms in total. The third kappa shape index (κ3) is 3.67. The van der Waals surface area contributed by atoms with Gasteiger partial charge in [-0.2, -0.15) is 5.26 Å². The molecule has 0 aromatic carbocycles. The number of ether oxygens (including phenoxy) is 1. The van der Waals surface area contributed by atoms with Crippen molar-refractivity contribution in [2.24, 2.45) is 11.8 Å². The summed E-state index contributed by atoms with van der Waals surface area (Å²) in [5, 5.41) is 8.90. The summed E-state index contributed by atoms with van der Waals surface area (Å²) in [6.45, 7) is 4.26. The Morgan fingerprint density at radius 1 is 1.29 bits per heavy atom. The Kier molecular flexibility index (Phi) is 5.85. The fourth-order valence-corrected chi connectivity index (χ4v) is 3.60. The lowest BCUT2D eigenvalue weighted by Crippen LogP contribution is -2.20. The molecule has 0 bridgehead atoms. The first kappa shape index (κ1) is 16.1. The number of ketones is 1. The number of hydrogen-bond acceptors (Lipinski definition) is 3. The maximum absolute atomic E-state index is 12.2. The second-order valence-corrected chi connectivity index (χ2v) is 6.45. The van der Waals surface area contributed by atoms with Crippen molar-refractivity contribution < 1.29 is 9.53 Å². The number of Topliss-reactive ketones (excluding diaryl/α,β-unsaturated/α-hetero) is 1. The highest BCUT2D eigenvalue weighted by atomic mass is 16.5. The van der Waals surface area contributed by atoms with E-state index in [-0.39, 0.29) is 17.8 Å². The van der Waals surface area contributed by atoms with Gasteiger partial charge in [-0.3, -0.25) is 4.79 Å². The molecule has 3 atom stereocenters. The van der Waals surface area contributed by atoms with Gasteiger partial charge in [0.2, 0.25) is 0 Å². The summed E-state index contributed by atoms with van der Waals surface area (Å²) >= 11 is 0. The Hall–Kier alpha value is -1.30. The zero-order chi connectivity index (χ0) is 15.2. The van der Waals surface area contributed by atoms with E-state index in [0.29, 0.717) is 18.8 Å². The van der Waals surface area contributed by atoms with E-state index in [1.165, 1.54) is 32.1 Å². The first-order valence-electron chi connectivity index (χ1n) is 8.49. The van der Waals surface area contributed by atoms with Crippen LogP contribution < -0.4 is 0 Å². The summed E-state index contributed by atoms with van der Waals surface area (Å²) in [7, 11) is 0. The van der Waals surface area contributed by atoms with Crippen LogP contribution in [0.3, 0.4) is 0 Å². The zero-order valence-electron chi connectivity index (χ0n) is 13.4. The number of nitrogens with zero attached hydrogens (tertiary/aromatic N) is 1. The predicted molar refractivity (Wildman–Crippen MR) is 82.4 cm³/mol. The van der Waals surface area contributed by atoms with Crippen LogP contribution >= 0.6 is 0 Å². The predicted octanol–water partition coefficient (Wildman–Crippen LogP) is 4.53. The molecule has 0 N–H and O–H groups in total. The van der Waals surface area contributed by atoms with Crippen molar-refractivity contribution >= 4 is 5.78 Å². The first-order valence-corrected chi connectivity index (χ1v) is 8.49. The zero-order valence-corrected chi connectivity index (χ0v) is 13.4. The lowest BCUT2D eigenvalue weighted by Gasteiger charge is -2.23. The van der Waals surface area contributed by atoms with E-state index in [4.69, 9.17) is 10.00 Å². The molecule has 21 heavy (non-hydrogen) atoms. The highest BCUT2D eigenvalue weighted by Gasteiger charge is 2.42. The number of rotatable bonds is 7. The number of carbonyl (C=O) groups excluding carboxylic acids is 1. The Labute approximate surface area is 128 Å². The monoisotopic (exact) mass is 289 g/mol. The minimum atomic E-state index is -0.107. The van der Waals surface area contributed by atoms with Crippen LogP contribution in [-0.4, -0.2) is 11.9 Å². The average molecular weight is 289 g/mol. The molecule has 0 spiro atoms. The Bertz CT molecular complexity index is 447. The van der Waals surface area contributed by atoms with E-state index in [9.17, 15) is 4.79 Å². The van der Waals surface area contributed by atoms with Gasteiger partial charge in [0, 0.05) is 23.8 Å². The van der Waals surface area contributed by atoms with Crippen LogP contribution in [-0.2, 0) is 9.53 Å². The summed E-state index contributed by atoms with van der Waals surface area (Å²) in [6, 6.07) is 2.18. The average Bonchev–Trinajstić information content (AvgIpc) is 2.80. The summed E-state index contributed by atoms with van der Waals surface area (Å²) in [5.74, 6) is 1.69. The molecule has 0 fully saturated rings. The summed E-state index contributed by atoms with van der Waals surface area (Å²) in [6.07, 6.45) is 9.37. The molecule has 0 amide bonds. The molecule has 0 aromatic heterocycles. The van der Waals surface area contributed by atoms with Gasteiger partial charge in [0.1, 0.15) is 11.9 Å². The summed E-state index contributed by atoms with van der Waals surface area (Å²) in [4.78, 5) is 12.2. The van der Waals surface area contributed by atoms with Crippen LogP contribution in [0, 0.1) is 23.2 Å². The van der Waals surface area contributed by atoms with Gasteiger partial charge >= 0.3 is 0 Å². The molecule has 0 saturated carbocycles. The SMILES string of the molecule is CCCCCCCC1CCC(=O)C2=C1O[C@@H](CC#N)[C@@H]2C. The van der Waals surface area contributed by atoms with Gasteiger partial charge in [-0.25, -0.2) is 0 Å². The number of hydrogen-bond donors (Lipinski definition) is 0. The smallest absolute Gasteiger partial charge is 0.162 e. The summed E-state index contributed by atoms with van der Waals surface area (Å²) in [5.41, 5.74) is 0.903. The van der Waals surface area contributed by atoms with Crippen molar-refractivity contribution in [2.75, 3.05) is 0 Å². The fraction of sp³-hybridized carbons (Fsp3) is 0.778. The molecule has 116 valence electrons. The van der Waals surface area contributed by atoms with Crippen LogP contribution in [0.1, 0.15) is 71.6 Å². The fourth-order valence-electron chi connectivity index (χ4n) is 3.60. The second-order valence-electron chi connectivity index (χ2n) is 6.45. The van der Waals surface area contributed by atoms with E-state index < -0.39 is 0 Å². The molecule has 2 aliphatic rings. The molecule has 0 saturated heterocycles. The van der Waals surface area contributed by atoms with Crippen molar-refractivity contribution in [2.45, 2.75) is 77.7 Å². The van der Waals surface area contributed by atoms with Crippen molar-refractivity contribution in [1.29, 1.82) is 5.26 Å². The molecular formula is C18H27NO2. The Morgan fingerprint density at radius 2 is 2.05 bits per heavy atom. The maximum atomic E-state index is 12.2. The summed E-state index contributed by atoms with van der Waals surface area (Å²) < 4.78 is 6.02. The lowest BCUT2D eigenvalue weighted by molar-refractivity contribution is -0.116. The van der Waals surface area contributed by atoms with E-state index in [1.807, 2.05) is 6.92 Å². The van der Waals surface area contributed by atoms with Crippen molar-refractivity contribution in [3.63, 3.8) is 0 Å². The number of nitriles is 1. The van der Waals surface area contributed by atoms with Gasteiger partial charge in [-0.15, -0.1) is 0 Å². The van der Waals surface area contributed by atoms with Gasteiger partial charge < -0.3 is 4.74 Å². The number of unbranched alkanes of at least 4 members (excludes halogenated alkanes) is 4. The van der Waals surface area contributed by atoms with Crippen LogP contribution in [0.5, 0.6) is 0 Å². The van der Waals surface area contributed by atoms with E-state index in [0.717, 1.165) is 24.2 Å². The molecule has 0 radical (unpaired) electrons. The minimum absolute atomic E-state index is 0.0926. The molecule has 1 aliphatic heterocycles. The first-order chi connectivity index (χ1) is 10.2. The van der Waals surface area contributed by atoms with Gasteiger partial charge in [-0.05, 0) is 12.8 Å². The van der Waals surface area contributed by atoms with Gasteiger partial charge in [0.05, 0.1) is 12.5 Å². The van der Waals surface area contributed by atoms with Crippen molar-refractivity contribution in [1.82, 2.24) is 0 Å². The Morgan fingerprint density at radius 3 is 2.76 bits per heavy atom. The molecular weight excluding hydrogens is 262 g/mol. The highest BCUT2D eigenvalue weighted by molar-refractivity contribution is 5.97. The van der Waals surface area contributed by atoms with Crippen LogP contribution in [0.15, 0.2) is 11.3 Å². The molecule has 1 aliphatic carbocycles. The maximum Gasteiger partial charge on any atom is 0.162 e. The van der Waals surface area contributed by atoms with Gasteiger partial charge in [-0.1, -0.05) is 46.0 Å². The standard InChI is InChI=1S/C18H27NO2/c1-3-4-5-6-7-8-14-9-10-15(20)17-13(2)16(11-12-19)21-18(14)17/h13-14,16H,3-11H2,1-2H3/t13-,14?,16-/m0/s1. The molecule has 1 heterocycles.